The predicted octanol–water partition coefficient (Wildman–Crippen LogP) is 4.45. The molecule has 0 aromatic heterocycles. The molecular weight excluding hydrogens is 356 g/mol. The molecule has 0 N–H and O–H groups in total. The third kappa shape index (κ3) is 24.1. The molecule has 0 fully saturated rings. The fraction of sp³-hybridized carbons (Fsp3) is 1.00. The van der Waals surface area contributed by atoms with E-state index in [9.17, 15) is 0 Å². The van der Waals surface area contributed by atoms with Crippen LogP contribution in [0.25, 0.3) is 0 Å². The van der Waals surface area contributed by atoms with Gasteiger partial charge >= 0.3 is 0 Å². The monoisotopic (exact) mass is 396 g/mol. The Morgan fingerprint density at radius 2 is 0.769 bits per heavy atom. The molecule has 0 unspecified atom stereocenters. The molecule has 6 heteroatoms. The van der Waals surface area contributed by atoms with Crippen molar-refractivity contribution >= 4 is 11.6 Å². The molecule has 0 amide bonds. The summed E-state index contributed by atoms with van der Waals surface area (Å²) in [6.45, 7) is 8.47. The second kappa shape index (κ2) is 25.1. The Labute approximate surface area is 166 Å². The van der Waals surface area contributed by atoms with Gasteiger partial charge in [-0.1, -0.05) is 51.9 Å². The van der Waals surface area contributed by atoms with E-state index in [1.54, 1.807) is 0 Å². The zero-order chi connectivity index (χ0) is 19.0. The summed E-state index contributed by atoms with van der Waals surface area (Å²) in [5.74, 6) is 0.521. The summed E-state index contributed by atoms with van der Waals surface area (Å²) in [4.78, 5) is 0. The van der Waals surface area contributed by atoms with Crippen LogP contribution in [0.3, 0.4) is 0 Å². The Balaban J connectivity index is 2.95. The van der Waals surface area contributed by atoms with Crippen molar-refractivity contribution in [3.63, 3.8) is 0 Å². The first-order valence-electron chi connectivity index (χ1n) is 10.4. The molecule has 0 aromatic rings. The van der Waals surface area contributed by atoms with Gasteiger partial charge in [-0.25, -0.2) is 0 Å². The van der Waals surface area contributed by atoms with Crippen LogP contribution in [-0.4, -0.2) is 71.9 Å². The van der Waals surface area contributed by atoms with Crippen LogP contribution in [0.5, 0.6) is 0 Å². The van der Waals surface area contributed by atoms with Crippen LogP contribution in [0, 0.1) is 0 Å². The lowest BCUT2D eigenvalue weighted by Crippen LogP contribution is -2.13. The largest absolute Gasteiger partial charge is 0.379 e. The van der Waals surface area contributed by atoms with E-state index in [4.69, 9.17) is 35.3 Å². The van der Waals surface area contributed by atoms with E-state index >= 15 is 0 Å². The van der Waals surface area contributed by atoms with Gasteiger partial charge in [-0.3, -0.25) is 0 Å². The van der Waals surface area contributed by atoms with Crippen molar-refractivity contribution in [3.8, 4) is 0 Å². The Bertz CT molecular complexity index is 220. The lowest BCUT2D eigenvalue weighted by molar-refractivity contribution is -0.0103. The Morgan fingerprint density at radius 3 is 1.19 bits per heavy atom. The van der Waals surface area contributed by atoms with Gasteiger partial charge < -0.3 is 23.7 Å². The number of rotatable bonds is 23. The first-order chi connectivity index (χ1) is 12.9. The van der Waals surface area contributed by atoms with Crippen LogP contribution < -0.4 is 0 Å². The molecule has 0 radical (unpaired) electrons. The van der Waals surface area contributed by atoms with Crippen molar-refractivity contribution in [2.75, 3.05) is 71.9 Å². The second-order valence-electron chi connectivity index (χ2n) is 6.23. The second-order valence-corrected chi connectivity index (χ2v) is 6.60. The van der Waals surface area contributed by atoms with Crippen LogP contribution >= 0.6 is 11.6 Å². The minimum atomic E-state index is 0.521. The van der Waals surface area contributed by atoms with Crippen LogP contribution in [0.4, 0.5) is 0 Å². The number of unbranched alkanes of at least 4 members (excludes halogenated alkanes) is 7. The number of ether oxygens (including phenoxy) is 5. The molecule has 0 rings (SSSR count). The smallest absolute Gasteiger partial charge is 0.0701 e. The normalized spacial score (nSPS) is 11.3. The third-order valence-corrected chi connectivity index (χ3v) is 4.01. The maximum atomic E-state index is 5.57. The van der Waals surface area contributed by atoms with Gasteiger partial charge in [0.2, 0.25) is 0 Å². The highest BCUT2D eigenvalue weighted by molar-refractivity contribution is 6.17. The third-order valence-electron chi connectivity index (χ3n) is 3.85. The van der Waals surface area contributed by atoms with Crippen LogP contribution in [0.2, 0.25) is 0 Å². The van der Waals surface area contributed by atoms with E-state index in [0.29, 0.717) is 65.3 Å². The number of halogens is 1. The SMILES string of the molecule is CCCCCCCCCCOCCOCCOCCOCCOCCCl. The van der Waals surface area contributed by atoms with Crippen LogP contribution in [-0.2, 0) is 23.7 Å². The molecule has 26 heavy (non-hydrogen) atoms. The van der Waals surface area contributed by atoms with Gasteiger partial charge in [-0.15, -0.1) is 11.6 Å². The van der Waals surface area contributed by atoms with E-state index in [-0.39, 0.29) is 0 Å². The summed E-state index contributed by atoms with van der Waals surface area (Å²) in [5, 5.41) is 0. The van der Waals surface area contributed by atoms with E-state index in [2.05, 4.69) is 6.92 Å². The van der Waals surface area contributed by atoms with E-state index in [1.165, 1.54) is 44.9 Å². The van der Waals surface area contributed by atoms with Gasteiger partial charge in [-0.2, -0.15) is 0 Å². The molecule has 0 aromatic carbocycles. The maximum absolute atomic E-state index is 5.57. The molecule has 0 bridgehead atoms. The zero-order valence-corrected chi connectivity index (χ0v) is 17.6. The van der Waals surface area contributed by atoms with Gasteiger partial charge in [0.15, 0.2) is 0 Å². The molecule has 0 heterocycles. The van der Waals surface area contributed by atoms with Gasteiger partial charge in [0.25, 0.3) is 0 Å². The van der Waals surface area contributed by atoms with E-state index < -0.39 is 0 Å². The Morgan fingerprint density at radius 1 is 0.423 bits per heavy atom. The van der Waals surface area contributed by atoms with E-state index in [0.717, 1.165) is 13.0 Å². The van der Waals surface area contributed by atoms with Crippen molar-refractivity contribution in [3.05, 3.63) is 0 Å². The predicted molar refractivity (Wildman–Crippen MR) is 107 cm³/mol. The summed E-state index contributed by atoms with van der Waals surface area (Å²) in [6, 6.07) is 0. The summed E-state index contributed by atoms with van der Waals surface area (Å²) in [5.41, 5.74) is 0. The lowest BCUT2D eigenvalue weighted by atomic mass is 10.1. The number of alkyl halides is 1. The lowest BCUT2D eigenvalue weighted by Gasteiger charge is -2.07. The minimum Gasteiger partial charge on any atom is -0.379 e. The highest BCUT2D eigenvalue weighted by Gasteiger charge is 1.94. The number of hydrogen-bond donors (Lipinski definition) is 0. The van der Waals surface area contributed by atoms with Crippen molar-refractivity contribution in [2.45, 2.75) is 58.3 Å². The Hall–Kier alpha value is 0.0900. The van der Waals surface area contributed by atoms with Crippen LogP contribution in [0.1, 0.15) is 58.3 Å². The molecule has 0 saturated heterocycles. The van der Waals surface area contributed by atoms with Gasteiger partial charge in [0, 0.05) is 12.5 Å². The van der Waals surface area contributed by atoms with Crippen molar-refractivity contribution in [2.24, 2.45) is 0 Å². The quantitative estimate of drug-likeness (QED) is 0.188. The molecule has 0 saturated carbocycles. The average Bonchev–Trinajstić information content (AvgIpc) is 2.66. The van der Waals surface area contributed by atoms with E-state index in [1.807, 2.05) is 0 Å². The Kier molecular flexibility index (Phi) is 25.2. The number of hydrogen-bond acceptors (Lipinski definition) is 5. The van der Waals surface area contributed by atoms with Crippen molar-refractivity contribution in [1.29, 1.82) is 0 Å². The molecule has 158 valence electrons. The first-order valence-corrected chi connectivity index (χ1v) is 10.9. The van der Waals surface area contributed by atoms with Crippen molar-refractivity contribution in [1.82, 2.24) is 0 Å². The fourth-order valence-electron chi connectivity index (χ4n) is 2.37. The molecule has 0 atom stereocenters. The summed E-state index contributed by atoms with van der Waals surface area (Å²) in [6.07, 6.45) is 10.6. The molecule has 0 spiro atoms. The maximum Gasteiger partial charge on any atom is 0.0701 e. The highest BCUT2D eigenvalue weighted by atomic mass is 35.5. The van der Waals surface area contributed by atoms with Crippen LogP contribution in [0.15, 0.2) is 0 Å². The summed E-state index contributed by atoms with van der Waals surface area (Å²) in [7, 11) is 0. The summed E-state index contributed by atoms with van der Waals surface area (Å²) < 4.78 is 27.0. The molecular formula is C20H41ClO5. The highest BCUT2D eigenvalue weighted by Crippen LogP contribution is 2.08. The fourth-order valence-corrected chi connectivity index (χ4v) is 2.48. The minimum absolute atomic E-state index is 0.521. The molecule has 5 nitrogen and oxygen atoms in total. The molecule has 0 aliphatic heterocycles. The first kappa shape index (κ1) is 26.1. The van der Waals surface area contributed by atoms with Gasteiger partial charge in [0.05, 0.1) is 59.5 Å². The summed E-state index contributed by atoms with van der Waals surface area (Å²) >= 11 is 5.49. The van der Waals surface area contributed by atoms with Gasteiger partial charge in [-0.05, 0) is 6.42 Å². The topological polar surface area (TPSA) is 46.2 Å². The zero-order valence-electron chi connectivity index (χ0n) is 16.9. The molecule has 0 aliphatic rings. The average molecular weight is 397 g/mol. The van der Waals surface area contributed by atoms with Crippen molar-refractivity contribution < 1.29 is 23.7 Å². The molecule has 0 aliphatic carbocycles. The standard InChI is InChI=1S/C20H41ClO5/c1-2-3-4-5-6-7-8-9-11-22-13-15-24-17-19-26-20-18-25-16-14-23-12-10-21/h2-20H2,1H3. The van der Waals surface area contributed by atoms with Gasteiger partial charge in [0.1, 0.15) is 0 Å².